The predicted octanol–water partition coefficient (Wildman–Crippen LogP) is 2.90. The lowest BCUT2D eigenvalue weighted by atomic mass is 10.1. The van der Waals surface area contributed by atoms with Crippen LogP contribution >= 0.6 is 0 Å². The van der Waals surface area contributed by atoms with Crippen LogP contribution in [0.5, 0.6) is 5.75 Å². The van der Waals surface area contributed by atoms with Gasteiger partial charge in [-0.25, -0.2) is 0 Å². The topological polar surface area (TPSA) is 41.6 Å². The Morgan fingerprint density at radius 3 is 3.15 bits per heavy atom. The third-order valence-electron chi connectivity index (χ3n) is 4.22. The molecule has 1 fully saturated rings. The average Bonchev–Trinajstić information content (AvgIpc) is 2.70. The summed E-state index contributed by atoms with van der Waals surface area (Å²) in [4.78, 5) is 14.9. The van der Waals surface area contributed by atoms with Gasteiger partial charge in [0.15, 0.2) is 5.75 Å². The third kappa shape index (κ3) is 2.47. The predicted molar refractivity (Wildman–Crippen MR) is 79.4 cm³/mol. The monoisotopic (exact) mass is 274 g/mol. The number of nitrogens with zero attached hydrogens (tertiary/aromatic N) is 1. The van der Waals surface area contributed by atoms with Gasteiger partial charge in [-0.05, 0) is 31.9 Å². The van der Waals surface area contributed by atoms with Crippen molar-refractivity contribution >= 4 is 11.6 Å². The van der Waals surface area contributed by atoms with E-state index in [1.807, 2.05) is 23.1 Å². The van der Waals surface area contributed by atoms with Crippen molar-refractivity contribution < 1.29 is 9.53 Å². The normalized spacial score (nSPS) is 22.2. The minimum absolute atomic E-state index is 0.111. The minimum atomic E-state index is 0.111. The number of benzene rings is 1. The number of para-hydroxylation sites is 1. The van der Waals surface area contributed by atoms with Crippen LogP contribution in [0.25, 0.3) is 0 Å². The van der Waals surface area contributed by atoms with Gasteiger partial charge in [-0.2, -0.15) is 0 Å². The summed E-state index contributed by atoms with van der Waals surface area (Å²) in [6, 6.07) is 6.09. The number of carbonyl (C=O) groups excluding carboxylic acids is 1. The van der Waals surface area contributed by atoms with Gasteiger partial charge in [0, 0.05) is 19.1 Å². The molecule has 2 aliphatic rings. The van der Waals surface area contributed by atoms with Crippen molar-refractivity contribution in [2.75, 3.05) is 25.0 Å². The number of fused-ring (bicyclic) bond motifs is 1. The lowest BCUT2D eigenvalue weighted by Crippen LogP contribution is -2.38. The highest BCUT2D eigenvalue weighted by molar-refractivity contribution is 5.99. The molecule has 1 aromatic rings. The summed E-state index contributed by atoms with van der Waals surface area (Å²) < 4.78 is 5.72. The van der Waals surface area contributed by atoms with E-state index >= 15 is 0 Å². The number of ether oxygens (including phenoxy) is 1. The Labute approximate surface area is 120 Å². The lowest BCUT2D eigenvalue weighted by molar-refractivity contribution is 0.0693. The molecule has 1 atom stereocenters. The summed E-state index contributed by atoms with van der Waals surface area (Å²) in [6.07, 6.45) is 4.64. The van der Waals surface area contributed by atoms with Gasteiger partial charge in [0.05, 0.1) is 11.3 Å². The number of likely N-dealkylation sites (tertiary alicyclic amines) is 1. The molecule has 1 amide bonds. The van der Waals surface area contributed by atoms with E-state index in [-0.39, 0.29) is 5.91 Å². The van der Waals surface area contributed by atoms with Crippen molar-refractivity contribution in [1.82, 2.24) is 4.90 Å². The van der Waals surface area contributed by atoms with Crippen molar-refractivity contribution in [2.45, 2.75) is 38.6 Å². The van der Waals surface area contributed by atoms with Gasteiger partial charge in [-0.1, -0.05) is 18.9 Å². The summed E-state index contributed by atoms with van der Waals surface area (Å²) in [5, 5.41) is 3.29. The van der Waals surface area contributed by atoms with E-state index in [4.69, 9.17) is 4.74 Å². The quantitative estimate of drug-likeness (QED) is 0.856. The highest BCUT2D eigenvalue weighted by atomic mass is 16.5. The van der Waals surface area contributed by atoms with Gasteiger partial charge in [0.25, 0.3) is 5.91 Å². The van der Waals surface area contributed by atoms with Crippen LogP contribution in [-0.4, -0.2) is 36.5 Å². The highest BCUT2D eigenvalue weighted by Crippen LogP contribution is 2.33. The molecular weight excluding hydrogens is 252 g/mol. The van der Waals surface area contributed by atoms with E-state index in [1.165, 1.54) is 12.8 Å². The molecule has 4 heteroatoms. The second-order valence-electron chi connectivity index (χ2n) is 5.65. The van der Waals surface area contributed by atoms with E-state index in [0.29, 0.717) is 18.2 Å². The molecule has 2 aliphatic heterocycles. The van der Waals surface area contributed by atoms with E-state index in [0.717, 1.165) is 37.4 Å². The lowest BCUT2D eigenvalue weighted by Gasteiger charge is -2.29. The van der Waals surface area contributed by atoms with E-state index in [2.05, 4.69) is 12.2 Å². The number of rotatable bonds is 1. The number of hydrogen-bond acceptors (Lipinski definition) is 3. The van der Waals surface area contributed by atoms with Crippen LogP contribution in [0.4, 0.5) is 5.69 Å². The fraction of sp³-hybridized carbons (Fsp3) is 0.562. The summed E-state index contributed by atoms with van der Waals surface area (Å²) in [5.74, 6) is 0.833. The van der Waals surface area contributed by atoms with E-state index in [1.54, 1.807) is 0 Å². The van der Waals surface area contributed by atoms with Gasteiger partial charge in [-0.15, -0.1) is 0 Å². The fourth-order valence-electron chi connectivity index (χ4n) is 3.07. The molecular formula is C16H22N2O2. The Balaban J connectivity index is 1.90. The van der Waals surface area contributed by atoms with Gasteiger partial charge >= 0.3 is 0 Å². The summed E-state index contributed by atoms with van der Waals surface area (Å²) in [7, 11) is 0. The molecule has 0 radical (unpaired) electrons. The van der Waals surface area contributed by atoms with E-state index in [9.17, 15) is 4.79 Å². The Hall–Kier alpha value is -1.71. The van der Waals surface area contributed by atoms with E-state index < -0.39 is 0 Å². The number of carbonyl (C=O) groups is 1. The standard InChI is InChI=1S/C16H22N2O2/c1-12-6-3-2-4-10-18(12)16(19)13-7-5-8-14-15(13)20-11-9-17-14/h5,7-8,12,17H,2-4,6,9-11H2,1H3. The Bertz CT molecular complexity index is 501. The molecule has 1 aromatic carbocycles. The molecule has 1 unspecified atom stereocenters. The molecule has 3 rings (SSSR count). The molecule has 2 heterocycles. The Kier molecular flexibility index (Phi) is 3.81. The van der Waals surface area contributed by atoms with Crippen LogP contribution in [0.2, 0.25) is 0 Å². The number of amides is 1. The van der Waals surface area contributed by atoms with Crippen molar-refractivity contribution in [3.05, 3.63) is 23.8 Å². The molecule has 108 valence electrons. The molecule has 20 heavy (non-hydrogen) atoms. The molecule has 0 saturated carbocycles. The molecule has 0 aliphatic carbocycles. The van der Waals surface area contributed by atoms with Gasteiger partial charge in [0.1, 0.15) is 6.61 Å². The van der Waals surface area contributed by atoms with Crippen LogP contribution in [0.1, 0.15) is 43.0 Å². The van der Waals surface area contributed by atoms with Crippen molar-refractivity contribution in [1.29, 1.82) is 0 Å². The first-order valence-corrected chi connectivity index (χ1v) is 7.58. The SMILES string of the molecule is CC1CCCCCN1C(=O)c1cccc2c1OCCN2. The zero-order chi connectivity index (χ0) is 13.9. The second-order valence-corrected chi connectivity index (χ2v) is 5.65. The zero-order valence-corrected chi connectivity index (χ0v) is 12.0. The maximum atomic E-state index is 12.9. The Morgan fingerprint density at radius 1 is 1.35 bits per heavy atom. The first-order chi connectivity index (χ1) is 9.77. The van der Waals surface area contributed by atoms with Crippen molar-refractivity contribution in [2.24, 2.45) is 0 Å². The maximum Gasteiger partial charge on any atom is 0.257 e. The van der Waals surface area contributed by atoms with Crippen molar-refractivity contribution in [3.63, 3.8) is 0 Å². The summed E-state index contributed by atoms with van der Waals surface area (Å²) in [6.45, 7) is 4.42. The van der Waals surface area contributed by atoms with Crippen LogP contribution in [-0.2, 0) is 0 Å². The molecule has 0 aromatic heterocycles. The largest absolute Gasteiger partial charge is 0.489 e. The minimum Gasteiger partial charge on any atom is -0.489 e. The van der Waals surface area contributed by atoms with Crippen molar-refractivity contribution in [3.8, 4) is 5.75 Å². The molecule has 0 spiro atoms. The first-order valence-electron chi connectivity index (χ1n) is 7.58. The van der Waals surface area contributed by atoms with Crippen LogP contribution < -0.4 is 10.1 Å². The average molecular weight is 274 g/mol. The first kappa shape index (κ1) is 13.3. The maximum absolute atomic E-state index is 12.9. The molecule has 0 bridgehead atoms. The third-order valence-corrected chi connectivity index (χ3v) is 4.22. The van der Waals surface area contributed by atoms with Crippen LogP contribution in [0.3, 0.4) is 0 Å². The van der Waals surface area contributed by atoms with Gasteiger partial charge < -0.3 is 15.0 Å². The molecule has 1 N–H and O–H groups in total. The Morgan fingerprint density at radius 2 is 2.25 bits per heavy atom. The zero-order valence-electron chi connectivity index (χ0n) is 12.0. The number of nitrogens with one attached hydrogen (secondary N) is 1. The number of hydrogen-bond donors (Lipinski definition) is 1. The molecule has 1 saturated heterocycles. The fourth-order valence-corrected chi connectivity index (χ4v) is 3.07. The second kappa shape index (κ2) is 5.73. The van der Waals surface area contributed by atoms with Crippen LogP contribution in [0, 0.1) is 0 Å². The smallest absolute Gasteiger partial charge is 0.257 e. The summed E-state index contributed by atoms with van der Waals surface area (Å²) in [5.41, 5.74) is 1.63. The number of anilines is 1. The molecule has 4 nitrogen and oxygen atoms in total. The summed E-state index contributed by atoms with van der Waals surface area (Å²) >= 11 is 0. The van der Waals surface area contributed by atoms with Crippen LogP contribution in [0.15, 0.2) is 18.2 Å². The highest BCUT2D eigenvalue weighted by Gasteiger charge is 2.27. The van der Waals surface area contributed by atoms with Gasteiger partial charge in [-0.3, -0.25) is 4.79 Å². The van der Waals surface area contributed by atoms with Gasteiger partial charge in [0.2, 0.25) is 0 Å².